The van der Waals surface area contributed by atoms with Crippen molar-refractivity contribution < 1.29 is 28.6 Å². The van der Waals surface area contributed by atoms with Gasteiger partial charge in [-0.15, -0.1) is 6.58 Å². The molecule has 3 saturated carbocycles. The molecular formula is C30H38FNO5. The van der Waals surface area contributed by atoms with Gasteiger partial charge in [0.05, 0.1) is 6.10 Å². The lowest BCUT2D eigenvalue weighted by Crippen LogP contribution is -2.63. The van der Waals surface area contributed by atoms with Crippen LogP contribution in [0.15, 0.2) is 30.9 Å². The molecule has 1 aromatic carbocycles. The summed E-state index contributed by atoms with van der Waals surface area (Å²) in [5.41, 5.74) is -0.894. The Kier molecular flexibility index (Phi) is 6.17. The van der Waals surface area contributed by atoms with E-state index in [0.29, 0.717) is 30.4 Å². The summed E-state index contributed by atoms with van der Waals surface area (Å²) in [6, 6.07) is 3.96. The molecule has 1 aromatic rings. The fraction of sp³-hybridized carbons (Fsp3) is 0.633. The average Bonchev–Trinajstić information content (AvgIpc) is 3.22. The van der Waals surface area contributed by atoms with Gasteiger partial charge in [0.2, 0.25) is 0 Å². The van der Waals surface area contributed by atoms with Crippen LogP contribution in [0.25, 0.3) is 0 Å². The van der Waals surface area contributed by atoms with Crippen LogP contribution in [0.2, 0.25) is 0 Å². The number of Topliss-reactive ketones (excluding diaryl/α,β-unsaturated/α-hetero) is 1. The first kappa shape index (κ1) is 26.1. The maximum Gasteiger partial charge on any atom is 0.417 e. The number of rotatable bonds is 2. The van der Waals surface area contributed by atoms with Crippen LogP contribution in [0.3, 0.4) is 0 Å². The third-order valence-corrected chi connectivity index (χ3v) is 10.9. The van der Waals surface area contributed by atoms with Crippen molar-refractivity contribution in [1.29, 1.82) is 0 Å². The van der Waals surface area contributed by atoms with E-state index >= 15 is 0 Å². The molecule has 3 aliphatic carbocycles. The lowest BCUT2D eigenvalue weighted by molar-refractivity contribution is -0.192. The molecule has 3 fully saturated rings. The molecule has 6 nitrogen and oxygen atoms in total. The Labute approximate surface area is 218 Å². The predicted molar refractivity (Wildman–Crippen MR) is 136 cm³/mol. The quantitative estimate of drug-likeness (QED) is 0.543. The van der Waals surface area contributed by atoms with E-state index in [4.69, 9.17) is 4.74 Å². The zero-order valence-corrected chi connectivity index (χ0v) is 22.3. The number of hydrogen-bond donors (Lipinski definition) is 1. The molecule has 200 valence electrons. The number of ketones is 1. The van der Waals surface area contributed by atoms with Crippen LogP contribution in [0, 0.1) is 39.8 Å². The fourth-order valence-corrected chi connectivity index (χ4v) is 8.32. The number of carbonyl (C=O) groups excluding carboxylic acids is 3. The van der Waals surface area contributed by atoms with Gasteiger partial charge in [-0.05, 0) is 73.1 Å². The lowest BCUT2D eigenvalue weighted by atomic mass is 9.44. The minimum Gasteiger partial charge on any atom is -0.445 e. The molecule has 0 radical (unpaired) electrons. The minimum atomic E-state index is -0.755. The van der Waals surface area contributed by atoms with E-state index in [1.807, 2.05) is 6.92 Å². The van der Waals surface area contributed by atoms with Crippen LogP contribution >= 0.6 is 0 Å². The Balaban J connectivity index is 1.54. The van der Waals surface area contributed by atoms with Crippen molar-refractivity contribution in [2.75, 3.05) is 6.54 Å². The third kappa shape index (κ3) is 3.63. The van der Waals surface area contributed by atoms with Crippen molar-refractivity contribution >= 4 is 17.8 Å². The molecule has 0 aromatic heterocycles. The summed E-state index contributed by atoms with van der Waals surface area (Å²) in [5.74, 6) is -1.09. The van der Waals surface area contributed by atoms with Crippen molar-refractivity contribution in [3.63, 3.8) is 0 Å². The number of fused-ring (bicyclic) bond motifs is 1. The summed E-state index contributed by atoms with van der Waals surface area (Å²) in [5, 5.41) is 11.6. The van der Waals surface area contributed by atoms with Gasteiger partial charge in [0.1, 0.15) is 17.7 Å². The fourth-order valence-electron chi connectivity index (χ4n) is 8.32. The number of imide groups is 1. The highest BCUT2D eigenvalue weighted by Gasteiger charge is 2.68. The molecular weight excluding hydrogens is 473 g/mol. The largest absolute Gasteiger partial charge is 0.445 e. The first-order chi connectivity index (χ1) is 17.4. The minimum absolute atomic E-state index is 0.0950. The molecule has 7 heteroatoms. The second-order valence-corrected chi connectivity index (χ2v) is 12.5. The molecule has 1 heterocycles. The summed E-state index contributed by atoms with van der Waals surface area (Å²) in [4.78, 5) is 41.4. The van der Waals surface area contributed by atoms with Crippen LogP contribution in [0.4, 0.5) is 9.18 Å². The van der Waals surface area contributed by atoms with Crippen LogP contribution in [-0.4, -0.2) is 46.5 Å². The van der Waals surface area contributed by atoms with Gasteiger partial charge in [0.15, 0.2) is 0 Å². The molecule has 8 atom stereocenters. The van der Waals surface area contributed by atoms with E-state index in [9.17, 15) is 23.9 Å². The van der Waals surface area contributed by atoms with Gasteiger partial charge >= 0.3 is 6.09 Å². The van der Waals surface area contributed by atoms with Crippen LogP contribution in [0.5, 0.6) is 0 Å². The second-order valence-electron chi connectivity index (χ2n) is 12.5. The van der Waals surface area contributed by atoms with Crippen molar-refractivity contribution in [2.24, 2.45) is 34.0 Å². The van der Waals surface area contributed by atoms with Gasteiger partial charge in [0.25, 0.3) is 5.91 Å². The molecule has 1 aliphatic heterocycles. The average molecular weight is 512 g/mol. The van der Waals surface area contributed by atoms with Gasteiger partial charge < -0.3 is 9.84 Å². The third-order valence-electron chi connectivity index (χ3n) is 10.9. The molecule has 2 amide bonds. The highest BCUT2D eigenvalue weighted by Crippen LogP contribution is 2.68. The number of ether oxygens (including phenoxy) is 1. The van der Waals surface area contributed by atoms with E-state index in [1.165, 1.54) is 18.2 Å². The number of amides is 2. The second kappa shape index (κ2) is 8.75. The molecule has 1 N–H and O–H groups in total. The standard InChI is InChI=1S/C30H38FNO5/c1-6-28(4)16-23(37-27(36)32-14-11-19-15-20(31)7-8-21(19)26(32)35)29(5)17(2)9-12-30(18(3)25(28)34)13-10-22(33)24(29)30/h6-8,15,17-18,23-25,34H,1,9-14,16H2,2-5H3/t17-,18+,23-,24?,25+,28-,29+,30+/m1/s1. The zero-order chi connectivity index (χ0) is 26.9. The molecule has 0 spiro atoms. The van der Waals surface area contributed by atoms with Crippen molar-refractivity contribution in [2.45, 2.75) is 78.4 Å². The SMILES string of the molecule is C=C[C@]1(C)C[C@@H](OC(=O)N2CCc3cc(F)ccc3C2=O)[C@@]2(C)C3C(=O)CC[C@@]3(CC[C@H]2C)[C@@H](C)[C@@H]1O. The van der Waals surface area contributed by atoms with Gasteiger partial charge in [-0.25, -0.2) is 14.1 Å². The number of halogens is 1. The van der Waals surface area contributed by atoms with Crippen molar-refractivity contribution in [1.82, 2.24) is 4.90 Å². The monoisotopic (exact) mass is 511 g/mol. The first-order valence-electron chi connectivity index (χ1n) is 13.5. The Morgan fingerprint density at radius 3 is 2.65 bits per heavy atom. The number of benzene rings is 1. The van der Waals surface area contributed by atoms with E-state index in [0.717, 1.165) is 24.2 Å². The summed E-state index contributed by atoms with van der Waals surface area (Å²) < 4.78 is 19.9. The Hall–Kier alpha value is -2.54. The smallest absolute Gasteiger partial charge is 0.417 e. The molecule has 2 bridgehead atoms. The summed E-state index contributed by atoms with van der Waals surface area (Å²) in [6.07, 6.45) is 3.11. The van der Waals surface area contributed by atoms with Crippen LogP contribution < -0.4 is 0 Å². The van der Waals surface area contributed by atoms with Gasteiger partial charge in [0, 0.05) is 35.3 Å². The molecule has 5 rings (SSSR count). The molecule has 1 unspecified atom stereocenters. The Bertz CT molecular complexity index is 1170. The predicted octanol–water partition coefficient (Wildman–Crippen LogP) is 5.32. The number of aliphatic hydroxyl groups excluding tert-OH is 1. The van der Waals surface area contributed by atoms with E-state index in [-0.39, 0.29) is 35.5 Å². The number of nitrogens with zero attached hydrogens (tertiary/aromatic N) is 1. The normalized spacial score (nSPS) is 41.4. The highest BCUT2D eigenvalue weighted by atomic mass is 19.1. The van der Waals surface area contributed by atoms with Gasteiger partial charge in [-0.1, -0.05) is 33.8 Å². The summed E-state index contributed by atoms with van der Waals surface area (Å²) in [7, 11) is 0. The van der Waals surface area contributed by atoms with Gasteiger partial charge in [-0.3, -0.25) is 9.59 Å². The van der Waals surface area contributed by atoms with Crippen molar-refractivity contribution in [3.8, 4) is 0 Å². The lowest BCUT2D eigenvalue weighted by Gasteiger charge is -2.61. The number of aliphatic hydroxyl groups is 1. The van der Waals surface area contributed by atoms with Crippen LogP contribution in [0.1, 0.15) is 75.7 Å². The first-order valence-corrected chi connectivity index (χ1v) is 13.5. The molecule has 4 aliphatic rings. The molecule has 37 heavy (non-hydrogen) atoms. The summed E-state index contributed by atoms with van der Waals surface area (Å²) >= 11 is 0. The zero-order valence-electron chi connectivity index (χ0n) is 22.3. The number of hydrogen-bond acceptors (Lipinski definition) is 5. The highest BCUT2D eigenvalue weighted by molar-refractivity contribution is 6.04. The van der Waals surface area contributed by atoms with Gasteiger partial charge in [-0.2, -0.15) is 0 Å². The van der Waals surface area contributed by atoms with E-state index in [2.05, 4.69) is 27.4 Å². The molecule has 0 saturated heterocycles. The Morgan fingerprint density at radius 1 is 1.22 bits per heavy atom. The van der Waals surface area contributed by atoms with Crippen LogP contribution in [-0.2, 0) is 16.0 Å². The number of carbonyl (C=O) groups is 3. The van der Waals surface area contributed by atoms with E-state index < -0.39 is 40.9 Å². The maximum atomic E-state index is 13.7. The Morgan fingerprint density at radius 2 is 1.95 bits per heavy atom. The summed E-state index contributed by atoms with van der Waals surface area (Å²) in [6.45, 7) is 12.3. The topological polar surface area (TPSA) is 83.9 Å². The van der Waals surface area contributed by atoms with Crippen molar-refractivity contribution in [3.05, 3.63) is 47.8 Å². The van der Waals surface area contributed by atoms with E-state index in [1.54, 1.807) is 6.08 Å². The maximum absolute atomic E-state index is 13.7.